The van der Waals surface area contributed by atoms with E-state index >= 15 is 0 Å². The lowest BCUT2D eigenvalue weighted by Gasteiger charge is -2.18. The molecule has 28 heavy (non-hydrogen) atoms. The zero-order valence-corrected chi connectivity index (χ0v) is 17.3. The molecule has 1 N–H and O–H groups in total. The number of hydrogen-bond acceptors (Lipinski definition) is 1. The Morgan fingerprint density at radius 1 is 1.00 bits per heavy atom. The topological polar surface area (TPSA) is 12.0 Å². The lowest BCUT2D eigenvalue weighted by atomic mass is 10.0. The molecule has 1 heteroatoms. The van der Waals surface area contributed by atoms with Gasteiger partial charge in [0.15, 0.2) is 0 Å². The molecule has 1 aliphatic carbocycles. The van der Waals surface area contributed by atoms with Gasteiger partial charge in [-0.15, -0.1) is 0 Å². The lowest BCUT2D eigenvalue weighted by Crippen LogP contribution is -2.18. The fraction of sp³-hybridized carbons (Fsp3) is 0.259. The van der Waals surface area contributed by atoms with E-state index in [2.05, 4.69) is 106 Å². The van der Waals surface area contributed by atoms with Crippen molar-refractivity contribution in [1.82, 2.24) is 0 Å². The van der Waals surface area contributed by atoms with Crippen molar-refractivity contribution in [3.8, 4) is 0 Å². The Bertz CT molecular complexity index is 892. The molecule has 2 aromatic carbocycles. The maximum atomic E-state index is 4.08. The molecule has 1 unspecified atom stereocenters. The summed E-state index contributed by atoms with van der Waals surface area (Å²) in [7, 11) is 0. The van der Waals surface area contributed by atoms with Gasteiger partial charge >= 0.3 is 0 Å². The van der Waals surface area contributed by atoms with E-state index in [9.17, 15) is 0 Å². The quantitative estimate of drug-likeness (QED) is 0.506. The monoisotopic (exact) mass is 369 g/mol. The Balaban J connectivity index is 1.63. The fourth-order valence-electron chi connectivity index (χ4n) is 3.49. The first-order valence-electron chi connectivity index (χ1n) is 10.2. The second kappa shape index (κ2) is 9.41. The summed E-state index contributed by atoms with van der Waals surface area (Å²) in [4.78, 5) is 0. The molecule has 1 nitrogen and oxygen atoms in total. The van der Waals surface area contributed by atoms with Crippen LogP contribution in [-0.2, 0) is 6.42 Å². The standard InChI is InChI=1S/C27H31N/c1-5-27(20(2)3)28-26-17-12-23(13-18-26)19-22-7-6-8-24(16-11-22)25-14-9-21(4)10-15-25/h7-18,27-28H,2,5-6,19H2,1,3-4H3. The van der Waals surface area contributed by atoms with Crippen molar-refractivity contribution in [2.45, 2.75) is 46.1 Å². The highest BCUT2D eigenvalue weighted by atomic mass is 14.9. The summed E-state index contributed by atoms with van der Waals surface area (Å²) in [5, 5.41) is 3.56. The third-order valence-electron chi connectivity index (χ3n) is 5.29. The molecule has 0 aliphatic heterocycles. The number of benzene rings is 2. The van der Waals surface area contributed by atoms with Crippen LogP contribution in [0.25, 0.3) is 5.57 Å². The van der Waals surface area contributed by atoms with Crippen molar-refractivity contribution in [3.05, 3.63) is 107 Å². The average molecular weight is 370 g/mol. The molecule has 0 heterocycles. The van der Waals surface area contributed by atoms with Crippen LogP contribution in [0.2, 0.25) is 0 Å². The van der Waals surface area contributed by atoms with Crippen LogP contribution < -0.4 is 5.32 Å². The summed E-state index contributed by atoms with van der Waals surface area (Å²) < 4.78 is 0. The molecule has 0 spiro atoms. The van der Waals surface area contributed by atoms with Crippen molar-refractivity contribution >= 4 is 11.3 Å². The normalized spacial score (nSPS) is 14.7. The second-order valence-corrected chi connectivity index (χ2v) is 7.70. The molecule has 0 saturated carbocycles. The van der Waals surface area contributed by atoms with Crippen LogP contribution in [-0.4, -0.2) is 6.04 Å². The molecule has 0 amide bonds. The van der Waals surface area contributed by atoms with Gasteiger partial charge < -0.3 is 5.32 Å². The highest BCUT2D eigenvalue weighted by Crippen LogP contribution is 2.23. The van der Waals surface area contributed by atoms with E-state index in [4.69, 9.17) is 0 Å². The van der Waals surface area contributed by atoms with Gasteiger partial charge in [-0.05, 0) is 67.5 Å². The van der Waals surface area contributed by atoms with E-state index in [1.807, 2.05) is 0 Å². The molecule has 144 valence electrons. The van der Waals surface area contributed by atoms with Crippen molar-refractivity contribution in [2.75, 3.05) is 5.32 Å². The van der Waals surface area contributed by atoms with Gasteiger partial charge in [0.1, 0.15) is 0 Å². The van der Waals surface area contributed by atoms with E-state index in [1.165, 1.54) is 33.4 Å². The van der Waals surface area contributed by atoms with E-state index in [-0.39, 0.29) is 0 Å². The zero-order valence-electron chi connectivity index (χ0n) is 17.3. The maximum Gasteiger partial charge on any atom is 0.0465 e. The molecule has 0 radical (unpaired) electrons. The van der Waals surface area contributed by atoms with Crippen LogP contribution in [0.5, 0.6) is 0 Å². The van der Waals surface area contributed by atoms with Crippen molar-refractivity contribution in [2.24, 2.45) is 0 Å². The van der Waals surface area contributed by atoms with Crippen LogP contribution in [0.4, 0.5) is 5.69 Å². The Morgan fingerprint density at radius 3 is 2.36 bits per heavy atom. The lowest BCUT2D eigenvalue weighted by molar-refractivity contribution is 0.791. The van der Waals surface area contributed by atoms with Crippen LogP contribution in [0.1, 0.15) is 43.4 Å². The Kier molecular flexibility index (Phi) is 6.71. The number of hydrogen-bond donors (Lipinski definition) is 1. The zero-order chi connectivity index (χ0) is 19.9. The minimum atomic E-state index is 0.338. The van der Waals surface area contributed by atoms with Gasteiger partial charge in [0.2, 0.25) is 0 Å². The number of anilines is 1. The van der Waals surface area contributed by atoms with Gasteiger partial charge in [-0.2, -0.15) is 0 Å². The van der Waals surface area contributed by atoms with Crippen molar-refractivity contribution in [3.63, 3.8) is 0 Å². The third-order valence-corrected chi connectivity index (χ3v) is 5.29. The van der Waals surface area contributed by atoms with Crippen molar-refractivity contribution in [1.29, 1.82) is 0 Å². The molecule has 0 aromatic heterocycles. The van der Waals surface area contributed by atoms with Crippen LogP contribution in [0.3, 0.4) is 0 Å². The van der Waals surface area contributed by atoms with Crippen LogP contribution >= 0.6 is 0 Å². The minimum Gasteiger partial charge on any atom is -0.379 e. The maximum absolute atomic E-state index is 4.08. The van der Waals surface area contributed by atoms with Gasteiger partial charge in [-0.3, -0.25) is 0 Å². The largest absolute Gasteiger partial charge is 0.379 e. The highest BCUT2D eigenvalue weighted by molar-refractivity contribution is 5.75. The Hall–Kier alpha value is -2.80. The van der Waals surface area contributed by atoms with Gasteiger partial charge in [-0.1, -0.05) is 85.3 Å². The molecular weight excluding hydrogens is 338 g/mol. The van der Waals surface area contributed by atoms with Gasteiger partial charge in [-0.25, -0.2) is 0 Å². The number of nitrogens with one attached hydrogen (secondary N) is 1. The van der Waals surface area contributed by atoms with Gasteiger partial charge in [0, 0.05) is 11.7 Å². The molecule has 2 aromatic rings. The third kappa shape index (κ3) is 5.36. The first kappa shape index (κ1) is 19.9. The van der Waals surface area contributed by atoms with E-state index in [1.54, 1.807) is 0 Å². The fourth-order valence-corrected chi connectivity index (χ4v) is 3.49. The molecular formula is C27H31N. The predicted octanol–water partition coefficient (Wildman–Crippen LogP) is 7.27. The molecule has 1 aliphatic rings. The summed E-state index contributed by atoms with van der Waals surface area (Å²) in [5.74, 6) is 0. The van der Waals surface area contributed by atoms with Gasteiger partial charge in [0.25, 0.3) is 0 Å². The van der Waals surface area contributed by atoms with E-state index in [0.717, 1.165) is 24.9 Å². The SMILES string of the molecule is C=C(C)C(CC)Nc1ccc(CC2=CCC=C(c3ccc(C)cc3)C=C2)cc1. The van der Waals surface area contributed by atoms with Crippen LogP contribution in [0, 0.1) is 6.92 Å². The summed E-state index contributed by atoms with van der Waals surface area (Å²) in [6, 6.07) is 17.9. The van der Waals surface area contributed by atoms with E-state index in [0.29, 0.717) is 6.04 Å². The molecule has 1 atom stereocenters. The highest BCUT2D eigenvalue weighted by Gasteiger charge is 2.07. The Morgan fingerprint density at radius 2 is 1.71 bits per heavy atom. The van der Waals surface area contributed by atoms with Gasteiger partial charge in [0.05, 0.1) is 0 Å². The molecule has 0 saturated heterocycles. The summed E-state index contributed by atoms with van der Waals surface area (Å²) in [6.45, 7) is 10.5. The number of rotatable bonds is 7. The summed E-state index contributed by atoms with van der Waals surface area (Å²) in [6.07, 6.45) is 12.1. The Labute approximate surface area is 170 Å². The number of aryl methyl sites for hydroxylation is 1. The summed E-state index contributed by atoms with van der Waals surface area (Å²) in [5.41, 5.74) is 8.93. The molecule has 0 fully saturated rings. The van der Waals surface area contributed by atoms with Crippen molar-refractivity contribution < 1.29 is 0 Å². The predicted molar refractivity (Wildman–Crippen MR) is 124 cm³/mol. The van der Waals surface area contributed by atoms with Crippen LogP contribution in [0.15, 0.2) is 90.6 Å². The first-order valence-corrected chi connectivity index (χ1v) is 10.2. The minimum absolute atomic E-state index is 0.338. The number of allylic oxidation sites excluding steroid dienone is 6. The molecule has 0 bridgehead atoms. The molecule has 3 rings (SSSR count). The summed E-state index contributed by atoms with van der Waals surface area (Å²) >= 11 is 0. The first-order chi connectivity index (χ1) is 13.5. The smallest absolute Gasteiger partial charge is 0.0465 e. The average Bonchev–Trinajstić information content (AvgIpc) is 2.93. The van der Waals surface area contributed by atoms with E-state index < -0.39 is 0 Å². The second-order valence-electron chi connectivity index (χ2n) is 7.70.